The summed E-state index contributed by atoms with van der Waals surface area (Å²) in [5, 5.41) is 5.19. The lowest BCUT2D eigenvalue weighted by Crippen LogP contribution is -2.22. The van der Waals surface area contributed by atoms with Crippen LogP contribution in [-0.2, 0) is 14.3 Å². The SMILES string of the molecule is CCOC(=O)c1c(NC(=O)COC(=O)c2cccc(N(C)C)c2)sc(C(=O)NC)c1C. The number of ether oxygens (including phenoxy) is 2. The van der Waals surface area contributed by atoms with Gasteiger partial charge in [-0.05, 0) is 37.6 Å². The van der Waals surface area contributed by atoms with Crippen molar-refractivity contribution in [3.63, 3.8) is 0 Å². The summed E-state index contributed by atoms with van der Waals surface area (Å²) >= 11 is 0.946. The predicted octanol–water partition coefficient (Wildman–Crippen LogP) is 2.45. The van der Waals surface area contributed by atoms with E-state index >= 15 is 0 Å². The molecule has 0 radical (unpaired) electrons. The van der Waals surface area contributed by atoms with Gasteiger partial charge in [-0.3, -0.25) is 9.59 Å². The molecule has 1 aromatic heterocycles. The first-order chi connectivity index (χ1) is 14.7. The molecule has 9 nitrogen and oxygen atoms in total. The van der Waals surface area contributed by atoms with Gasteiger partial charge in [0.25, 0.3) is 11.8 Å². The molecule has 0 saturated carbocycles. The Bertz CT molecular complexity index is 999. The highest BCUT2D eigenvalue weighted by atomic mass is 32.1. The van der Waals surface area contributed by atoms with Crippen LogP contribution in [0.15, 0.2) is 24.3 Å². The second kappa shape index (κ2) is 10.6. The summed E-state index contributed by atoms with van der Waals surface area (Å²) in [6.07, 6.45) is 0. The number of hydrogen-bond acceptors (Lipinski definition) is 8. The molecule has 0 aliphatic heterocycles. The lowest BCUT2D eigenvalue weighted by atomic mass is 10.1. The predicted molar refractivity (Wildman–Crippen MR) is 118 cm³/mol. The van der Waals surface area contributed by atoms with Crippen LogP contribution in [0.3, 0.4) is 0 Å². The minimum Gasteiger partial charge on any atom is -0.462 e. The molecule has 0 aliphatic rings. The van der Waals surface area contributed by atoms with Gasteiger partial charge in [0.05, 0.1) is 22.6 Å². The van der Waals surface area contributed by atoms with Crippen LogP contribution in [0.2, 0.25) is 0 Å². The molecule has 2 amide bonds. The Balaban J connectivity index is 2.14. The van der Waals surface area contributed by atoms with Crippen LogP contribution in [-0.4, -0.2) is 58.1 Å². The van der Waals surface area contributed by atoms with E-state index in [9.17, 15) is 19.2 Å². The van der Waals surface area contributed by atoms with E-state index in [4.69, 9.17) is 9.47 Å². The summed E-state index contributed by atoms with van der Waals surface area (Å²) in [4.78, 5) is 51.2. The van der Waals surface area contributed by atoms with E-state index in [0.717, 1.165) is 17.0 Å². The molecule has 2 aromatic rings. The third-order valence-corrected chi connectivity index (χ3v) is 5.45. The highest BCUT2D eigenvalue weighted by Gasteiger charge is 2.26. The summed E-state index contributed by atoms with van der Waals surface area (Å²) in [5.41, 5.74) is 1.62. The molecule has 1 heterocycles. The van der Waals surface area contributed by atoms with Gasteiger partial charge in [-0.25, -0.2) is 9.59 Å². The lowest BCUT2D eigenvalue weighted by Gasteiger charge is -2.13. The van der Waals surface area contributed by atoms with Gasteiger partial charge in [0.15, 0.2) is 6.61 Å². The van der Waals surface area contributed by atoms with Crippen LogP contribution in [0, 0.1) is 6.92 Å². The van der Waals surface area contributed by atoms with Crippen LogP contribution in [0.4, 0.5) is 10.7 Å². The molecule has 0 saturated heterocycles. The van der Waals surface area contributed by atoms with E-state index in [2.05, 4.69) is 10.6 Å². The molecule has 0 atom stereocenters. The van der Waals surface area contributed by atoms with Crippen molar-refractivity contribution >= 4 is 45.8 Å². The van der Waals surface area contributed by atoms with Gasteiger partial charge in [-0.2, -0.15) is 0 Å². The third-order valence-electron chi connectivity index (χ3n) is 4.25. The Hall–Kier alpha value is -3.40. The number of anilines is 2. The molecule has 0 aliphatic carbocycles. The number of carbonyl (C=O) groups excluding carboxylic acids is 4. The monoisotopic (exact) mass is 447 g/mol. The number of amides is 2. The first-order valence-electron chi connectivity index (χ1n) is 9.46. The summed E-state index contributed by atoms with van der Waals surface area (Å²) < 4.78 is 10.1. The molecule has 2 rings (SSSR count). The molecule has 1 aromatic carbocycles. The first-order valence-corrected chi connectivity index (χ1v) is 10.3. The Kier molecular flexibility index (Phi) is 8.14. The zero-order valence-electron chi connectivity index (χ0n) is 18.0. The fraction of sp³-hybridized carbons (Fsp3) is 0.333. The van der Waals surface area contributed by atoms with Crippen molar-refractivity contribution < 1.29 is 28.7 Å². The number of nitrogens with one attached hydrogen (secondary N) is 2. The van der Waals surface area contributed by atoms with E-state index in [1.54, 1.807) is 32.0 Å². The standard InChI is InChI=1S/C21H25N3O6S/c1-6-29-21(28)16-12(2)17(18(26)22-3)31-19(16)23-15(25)11-30-20(27)13-8-7-9-14(10-13)24(4)5/h7-10H,6,11H2,1-5H3,(H,22,26)(H,23,25). The van der Waals surface area contributed by atoms with E-state index in [0.29, 0.717) is 11.1 Å². The van der Waals surface area contributed by atoms with Gasteiger partial charge >= 0.3 is 11.9 Å². The molecular weight excluding hydrogens is 422 g/mol. The zero-order valence-corrected chi connectivity index (χ0v) is 18.8. The normalized spacial score (nSPS) is 10.2. The van der Waals surface area contributed by atoms with Crippen molar-refractivity contribution in [2.45, 2.75) is 13.8 Å². The molecular formula is C21H25N3O6S. The topological polar surface area (TPSA) is 114 Å². The number of rotatable bonds is 8. The van der Waals surface area contributed by atoms with Crippen molar-refractivity contribution in [2.75, 3.05) is 44.6 Å². The average molecular weight is 448 g/mol. The Morgan fingerprint density at radius 3 is 2.42 bits per heavy atom. The van der Waals surface area contributed by atoms with Gasteiger partial charge < -0.3 is 25.0 Å². The summed E-state index contributed by atoms with van der Waals surface area (Å²) in [7, 11) is 5.15. The fourth-order valence-electron chi connectivity index (χ4n) is 2.67. The van der Waals surface area contributed by atoms with Crippen molar-refractivity contribution in [3.8, 4) is 0 Å². The van der Waals surface area contributed by atoms with Crippen LogP contribution < -0.4 is 15.5 Å². The van der Waals surface area contributed by atoms with Gasteiger partial charge in [0.1, 0.15) is 5.00 Å². The summed E-state index contributed by atoms with van der Waals surface area (Å²) in [6, 6.07) is 6.79. The summed E-state index contributed by atoms with van der Waals surface area (Å²) in [6.45, 7) is 2.84. The maximum atomic E-state index is 12.4. The van der Waals surface area contributed by atoms with Crippen LogP contribution in [0.1, 0.15) is 42.9 Å². The second-order valence-corrected chi connectivity index (χ2v) is 7.65. The molecule has 0 bridgehead atoms. The third kappa shape index (κ3) is 5.82. The van der Waals surface area contributed by atoms with Gasteiger partial charge in [0, 0.05) is 26.8 Å². The molecule has 0 spiro atoms. The quantitative estimate of drug-likeness (QED) is 0.598. The van der Waals surface area contributed by atoms with E-state index in [1.165, 1.54) is 7.05 Å². The zero-order chi connectivity index (χ0) is 23.1. The smallest absolute Gasteiger partial charge is 0.341 e. The molecule has 166 valence electrons. The van der Waals surface area contributed by atoms with Crippen LogP contribution in [0.25, 0.3) is 0 Å². The van der Waals surface area contributed by atoms with Crippen LogP contribution >= 0.6 is 11.3 Å². The van der Waals surface area contributed by atoms with Crippen molar-refractivity contribution in [2.24, 2.45) is 0 Å². The number of esters is 2. The molecule has 0 unspecified atom stereocenters. The van der Waals surface area contributed by atoms with Crippen molar-refractivity contribution in [1.29, 1.82) is 0 Å². The minimum absolute atomic E-state index is 0.101. The Labute approximate surface area is 184 Å². The Morgan fingerprint density at radius 2 is 1.81 bits per heavy atom. The van der Waals surface area contributed by atoms with Crippen LogP contribution in [0.5, 0.6) is 0 Å². The average Bonchev–Trinajstić information content (AvgIpc) is 3.07. The van der Waals surface area contributed by atoms with Gasteiger partial charge in [-0.1, -0.05) is 6.07 Å². The minimum atomic E-state index is -0.655. The van der Waals surface area contributed by atoms with E-state index in [1.807, 2.05) is 25.1 Å². The maximum absolute atomic E-state index is 12.4. The van der Waals surface area contributed by atoms with Gasteiger partial charge in [-0.15, -0.1) is 11.3 Å². The lowest BCUT2D eigenvalue weighted by molar-refractivity contribution is -0.119. The number of hydrogen-bond donors (Lipinski definition) is 2. The molecule has 10 heteroatoms. The fourth-order valence-corrected chi connectivity index (χ4v) is 3.83. The first kappa shape index (κ1) is 23.9. The summed E-state index contributed by atoms with van der Waals surface area (Å²) in [5.74, 6) is -2.34. The molecule has 2 N–H and O–H groups in total. The molecule has 0 fully saturated rings. The number of carbonyl (C=O) groups is 4. The number of thiophene rings is 1. The maximum Gasteiger partial charge on any atom is 0.341 e. The van der Waals surface area contributed by atoms with Crippen molar-refractivity contribution in [1.82, 2.24) is 5.32 Å². The van der Waals surface area contributed by atoms with Crippen molar-refractivity contribution in [3.05, 3.63) is 45.8 Å². The van der Waals surface area contributed by atoms with Gasteiger partial charge in [0.2, 0.25) is 0 Å². The highest BCUT2D eigenvalue weighted by Crippen LogP contribution is 2.33. The Morgan fingerprint density at radius 1 is 1.10 bits per heavy atom. The second-order valence-electron chi connectivity index (χ2n) is 6.63. The molecule has 31 heavy (non-hydrogen) atoms. The number of nitrogens with zero attached hydrogens (tertiary/aromatic N) is 1. The van der Waals surface area contributed by atoms with E-state index < -0.39 is 24.5 Å². The highest BCUT2D eigenvalue weighted by molar-refractivity contribution is 7.18. The number of benzene rings is 1. The largest absolute Gasteiger partial charge is 0.462 e. The van der Waals surface area contributed by atoms with E-state index in [-0.39, 0.29) is 28.0 Å².